The molecule has 130 valence electrons. The molecule has 0 atom stereocenters. The number of nitrogens with zero attached hydrogens (tertiary/aromatic N) is 1. The Bertz CT molecular complexity index is 604. The Balaban J connectivity index is 3.39. The number of hydrogen-bond donors (Lipinski definition) is 0. The number of hydrogen-bond acceptors (Lipinski definition) is 2. The average molecular weight is 431 g/mol. The Morgan fingerprint density at radius 2 is 1.74 bits per heavy atom. The van der Waals surface area contributed by atoms with Gasteiger partial charge in [-0.3, -0.25) is 0 Å². The average Bonchev–Trinajstić information content (AvgIpc) is 2.45. The second kappa shape index (κ2) is 6.84. The molecule has 0 aliphatic rings. The molecule has 0 aromatic heterocycles. The molecule has 0 spiro atoms. The summed E-state index contributed by atoms with van der Waals surface area (Å²) in [5.41, 5.74) is -0.178. The lowest BCUT2D eigenvalue weighted by atomic mass is 10.1. The van der Waals surface area contributed by atoms with Crippen molar-refractivity contribution in [2.24, 2.45) is 4.99 Å². The van der Waals surface area contributed by atoms with Crippen LogP contribution in [0.5, 0.6) is 5.75 Å². The molecule has 2 nitrogen and oxygen atoms in total. The van der Waals surface area contributed by atoms with Gasteiger partial charge in [0.25, 0.3) is 0 Å². The third kappa shape index (κ3) is 3.73. The molecular weight excluding hydrogens is 422 g/mol. The normalized spacial score (nSPS) is 14.1. The molecule has 23 heavy (non-hydrogen) atoms. The molecule has 0 fully saturated rings. The molecule has 0 amide bonds. The number of aliphatic imine (C=N–C) groups is 1. The Morgan fingerprint density at radius 3 is 2.17 bits per heavy atom. The van der Waals surface area contributed by atoms with E-state index in [0.717, 1.165) is 6.07 Å². The van der Waals surface area contributed by atoms with E-state index in [1.807, 2.05) is 0 Å². The van der Waals surface area contributed by atoms with Crippen molar-refractivity contribution in [3.05, 3.63) is 23.8 Å². The van der Waals surface area contributed by atoms with E-state index >= 15 is 0 Å². The largest absolute Gasteiger partial charge is 0.496 e. The first-order valence-corrected chi connectivity index (χ1v) is 7.19. The Kier molecular flexibility index (Phi) is 5.95. The second-order valence-electron chi connectivity index (χ2n) is 4.14. The minimum Gasteiger partial charge on any atom is -0.496 e. The van der Waals surface area contributed by atoms with Gasteiger partial charge in [-0.25, -0.2) is 4.99 Å². The van der Waals surface area contributed by atoms with Gasteiger partial charge in [0.05, 0.1) is 12.8 Å². The van der Waals surface area contributed by atoms with E-state index in [4.69, 9.17) is 16.3 Å². The summed E-state index contributed by atoms with van der Waals surface area (Å²) in [6.07, 6.45) is -6.49. The topological polar surface area (TPSA) is 21.6 Å². The van der Waals surface area contributed by atoms with Gasteiger partial charge in [0.2, 0.25) is 0 Å². The van der Waals surface area contributed by atoms with Crippen LogP contribution < -0.4 is 4.74 Å². The summed E-state index contributed by atoms with van der Waals surface area (Å²) >= 11 is 7.99. The van der Waals surface area contributed by atoms with Crippen LogP contribution in [0, 0.1) is 0 Å². The highest BCUT2D eigenvalue weighted by atomic mass is 79.9. The summed E-state index contributed by atoms with van der Waals surface area (Å²) in [5, 5.41) is -2.17. The van der Waals surface area contributed by atoms with Crippen LogP contribution in [0.3, 0.4) is 0 Å². The van der Waals surface area contributed by atoms with Crippen molar-refractivity contribution < 1.29 is 35.5 Å². The summed E-state index contributed by atoms with van der Waals surface area (Å²) in [6, 6.07) is 3.82. The molecule has 0 N–H and O–H groups in total. The third-order valence-electron chi connectivity index (χ3n) is 2.69. The predicted molar refractivity (Wildman–Crippen MR) is 74.5 cm³/mol. The quantitative estimate of drug-likeness (QED) is 0.334. The Labute approximate surface area is 139 Å². The zero-order valence-electron chi connectivity index (χ0n) is 11.2. The van der Waals surface area contributed by atoms with Crippen LogP contribution >= 0.6 is 27.5 Å². The molecule has 1 rings (SSSR count). The molecule has 0 bridgehead atoms. The van der Waals surface area contributed by atoms with Crippen LogP contribution in [-0.4, -0.2) is 30.3 Å². The van der Waals surface area contributed by atoms with E-state index in [2.05, 4.69) is 20.9 Å². The van der Waals surface area contributed by atoms with Crippen LogP contribution in [0.15, 0.2) is 23.2 Å². The predicted octanol–water partition coefficient (Wildman–Crippen LogP) is 5.69. The van der Waals surface area contributed by atoms with Gasteiger partial charge < -0.3 is 4.74 Å². The first-order chi connectivity index (χ1) is 10.4. The van der Waals surface area contributed by atoms with Gasteiger partial charge in [0.15, 0.2) is 5.17 Å². The molecular formula is C12H8BrClF7NO. The van der Waals surface area contributed by atoms with E-state index in [1.165, 1.54) is 19.2 Å². The molecule has 0 heterocycles. The van der Waals surface area contributed by atoms with Crippen LogP contribution in [0.25, 0.3) is 0 Å². The lowest BCUT2D eigenvalue weighted by molar-refractivity contribution is -0.335. The van der Waals surface area contributed by atoms with Crippen molar-refractivity contribution in [3.63, 3.8) is 0 Å². The van der Waals surface area contributed by atoms with Crippen molar-refractivity contribution in [2.75, 3.05) is 7.11 Å². The van der Waals surface area contributed by atoms with E-state index < -0.39 is 23.2 Å². The molecule has 1 aromatic carbocycles. The monoisotopic (exact) mass is 429 g/mol. The smallest absolute Gasteiger partial charge is 0.460 e. The van der Waals surface area contributed by atoms with E-state index in [1.54, 1.807) is 0 Å². The fraction of sp³-hybridized carbons (Fsp3) is 0.417. The van der Waals surface area contributed by atoms with E-state index in [0.29, 0.717) is 0 Å². The number of ether oxygens (including phenoxy) is 1. The highest BCUT2D eigenvalue weighted by Gasteiger charge is 2.75. The standard InChI is InChI=1S/C12H8BrClF7NO/c1-23-8-4-2-3-7(6(8)5-13)22-9(14)10(15,16)11(17,18)12(19,20)21/h2-4H,5H2,1H3. The van der Waals surface area contributed by atoms with E-state index in [-0.39, 0.29) is 22.3 Å². The first-order valence-electron chi connectivity index (χ1n) is 5.69. The van der Waals surface area contributed by atoms with E-state index in [9.17, 15) is 30.7 Å². The van der Waals surface area contributed by atoms with Gasteiger partial charge in [0.1, 0.15) is 5.75 Å². The maximum Gasteiger partial charge on any atom is 0.460 e. The first kappa shape index (κ1) is 20.0. The van der Waals surface area contributed by atoms with Gasteiger partial charge in [-0.1, -0.05) is 33.6 Å². The highest BCUT2D eigenvalue weighted by molar-refractivity contribution is 9.08. The van der Waals surface area contributed by atoms with Crippen molar-refractivity contribution in [1.82, 2.24) is 0 Å². The number of rotatable bonds is 5. The van der Waals surface area contributed by atoms with Gasteiger partial charge in [-0.2, -0.15) is 30.7 Å². The lowest BCUT2D eigenvalue weighted by Crippen LogP contribution is -2.54. The zero-order chi connectivity index (χ0) is 18.1. The summed E-state index contributed by atoms with van der Waals surface area (Å²) < 4.78 is 93.9. The molecule has 0 aliphatic carbocycles. The Hall–Kier alpha value is -1.03. The summed E-state index contributed by atoms with van der Waals surface area (Å²) in [5.74, 6) is -11.9. The maximum atomic E-state index is 13.4. The number of alkyl halides is 8. The second-order valence-corrected chi connectivity index (χ2v) is 5.06. The van der Waals surface area contributed by atoms with Crippen molar-refractivity contribution in [2.45, 2.75) is 23.4 Å². The SMILES string of the molecule is COc1cccc(N=C(Cl)C(F)(F)C(F)(F)C(F)(F)F)c1CBr. The van der Waals surface area contributed by atoms with Crippen molar-refractivity contribution in [1.29, 1.82) is 0 Å². The molecule has 0 saturated carbocycles. The minimum atomic E-state index is -6.49. The molecule has 0 unspecified atom stereocenters. The fourth-order valence-corrected chi connectivity index (χ4v) is 2.24. The van der Waals surface area contributed by atoms with Crippen LogP contribution in [0.2, 0.25) is 0 Å². The van der Waals surface area contributed by atoms with Gasteiger partial charge in [-0.15, -0.1) is 0 Å². The molecule has 11 heteroatoms. The molecule has 1 aromatic rings. The van der Waals surface area contributed by atoms with Crippen molar-refractivity contribution in [3.8, 4) is 5.75 Å². The lowest BCUT2D eigenvalue weighted by Gasteiger charge is -2.27. The zero-order valence-corrected chi connectivity index (χ0v) is 13.5. The van der Waals surface area contributed by atoms with Crippen LogP contribution in [-0.2, 0) is 5.33 Å². The molecule has 0 saturated heterocycles. The van der Waals surface area contributed by atoms with Gasteiger partial charge in [-0.05, 0) is 12.1 Å². The highest BCUT2D eigenvalue weighted by Crippen LogP contribution is 2.48. The summed E-state index contributed by atoms with van der Waals surface area (Å²) in [4.78, 5) is 3.03. The van der Waals surface area contributed by atoms with Crippen LogP contribution in [0.4, 0.5) is 36.4 Å². The summed E-state index contributed by atoms with van der Waals surface area (Å²) in [6.45, 7) is 0. The number of benzene rings is 1. The van der Waals surface area contributed by atoms with Crippen molar-refractivity contribution >= 4 is 38.4 Å². The number of halogens is 9. The molecule has 0 aliphatic heterocycles. The molecule has 0 radical (unpaired) electrons. The Morgan fingerprint density at radius 1 is 1.17 bits per heavy atom. The van der Waals surface area contributed by atoms with Gasteiger partial charge in [0, 0.05) is 10.9 Å². The van der Waals surface area contributed by atoms with Gasteiger partial charge >= 0.3 is 18.0 Å². The third-order valence-corrected chi connectivity index (χ3v) is 3.57. The minimum absolute atomic E-state index is 0.0151. The summed E-state index contributed by atoms with van der Waals surface area (Å²) in [7, 11) is 1.25. The fourth-order valence-electron chi connectivity index (χ4n) is 1.47. The maximum absolute atomic E-state index is 13.4. The van der Waals surface area contributed by atoms with Crippen LogP contribution in [0.1, 0.15) is 5.56 Å². The number of methoxy groups -OCH3 is 1.